The molecular weight excluding hydrogens is 236 g/mol. The Bertz CT molecular complexity index is 304. The molecule has 0 spiro atoms. The first-order valence-electron chi connectivity index (χ1n) is 5.85. The zero-order valence-electron chi connectivity index (χ0n) is 11.6. The molecule has 0 bridgehead atoms. The third-order valence-electron chi connectivity index (χ3n) is 2.74. The van der Waals surface area contributed by atoms with Crippen molar-refractivity contribution in [2.75, 3.05) is 0 Å². The number of Topliss-reactive ketones (excluding diaryl/α,β-unsaturated/α-hetero) is 1. The number of hydrogen-bond donors (Lipinski definition) is 0. The predicted octanol–water partition coefficient (Wildman–Crippen LogP) is 2.88. The van der Waals surface area contributed by atoms with Crippen LogP contribution in [0.3, 0.4) is 0 Å². The fourth-order valence-electron chi connectivity index (χ4n) is 1.30. The van der Waals surface area contributed by atoms with Gasteiger partial charge in [0.1, 0.15) is 5.78 Å². The van der Waals surface area contributed by atoms with Crippen molar-refractivity contribution in [3.05, 3.63) is 12.7 Å². The molecule has 0 aliphatic heterocycles. The van der Waals surface area contributed by atoms with Crippen LogP contribution in [0.5, 0.6) is 0 Å². The lowest BCUT2D eigenvalue weighted by Gasteiger charge is -2.26. The summed E-state index contributed by atoms with van der Waals surface area (Å²) in [5.74, 6) is -0.149. The van der Waals surface area contributed by atoms with Gasteiger partial charge < -0.3 is 0 Å². The van der Waals surface area contributed by atoms with Crippen molar-refractivity contribution in [1.29, 1.82) is 0 Å². The molecule has 0 aromatic heterocycles. The molecule has 0 N–H and O–H groups in total. The molecule has 0 saturated carbocycles. The van der Waals surface area contributed by atoms with Crippen LogP contribution in [-0.4, -0.2) is 21.3 Å². The number of ketones is 1. The summed E-state index contributed by atoms with van der Waals surface area (Å²) >= 11 is -1.43. The van der Waals surface area contributed by atoms with Crippen LogP contribution >= 0.6 is 0 Å². The minimum absolute atomic E-state index is 0.119. The maximum atomic E-state index is 12.0. The Morgan fingerprint density at radius 2 is 1.76 bits per heavy atom. The molecule has 0 rings (SSSR count). The monoisotopic (exact) mass is 260 g/mol. The molecule has 3 nitrogen and oxygen atoms in total. The van der Waals surface area contributed by atoms with E-state index in [1.165, 1.54) is 0 Å². The fraction of sp³-hybridized carbons (Fsp3) is 0.769. The first kappa shape index (κ1) is 16.5. The number of hydrogen-bond acceptors (Lipinski definition) is 3. The molecule has 0 saturated heterocycles. The van der Waals surface area contributed by atoms with E-state index < -0.39 is 16.5 Å². The standard InChI is InChI=1S/C13H24O3S/c1-8-9(2)17(15)16-11(4)10(3)12(14)13(5,6)7/h8-11H,1H2,2-7H3. The van der Waals surface area contributed by atoms with Gasteiger partial charge in [-0.3, -0.25) is 8.98 Å². The highest BCUT2D eigenvalue weighted by Crippen LogP contribution is 2.24. The Morgan fingerprint density at radius 1 is 1.29 bits per heavy atom. The van der Waals surface area contributed by atoms with Crippen LogP contribution in [0.4, 0.5) is 0 Å². The topological polar surface area (TPSA) is 43.4 Å². The molecule has 0 amide bonds. The first-order valence-corrected chi connectivity index (χ1v) is 6.99. The van der Waals surface area contributed by atoms with Gasteiger partial charge in [-0.15, -0.1) is 6.58 Å². The molecule has 0 aromatic rings. The van der Waals surface area contributed by atoms with Crippen LogP contribution in [-0.2, 0) is 20.1 Å². The Labute approximate surface area is 107 Å². The van der Waals surface area contributed by atoms with Gasteiger partial charge in [-0.2, -0.15) is 0 Å². The molecule has 17 heavy (non-hydrogen) atoms. The maximum absolute atomic E-state index is 12.0. The largest absolute Gasteiger partial charge is 0.299 e. The average molecular weight is 260 g/mol. The lowest BCUT2D eigenvalue weighted by atomic mass is 9.82. The van der Waals surface area contributed by atoms with E-state index in [0.29, 0.717) is 0 Å². The lowest BCUT2D eigenvalue weighted by Crippen LogP contribution is -2.35. The van der Waals surface area contributed by atoms with Crippen LogP contribution in [0.1, 0.15) is 41.5 Å². The number of carbonyl (C=O) groups excluding carboxylic acids is 1. The van der Waals surface area contributed by atoms with E-state index in [0.717, 1.165) is 0 Å². The second-order valence-electron chi connectivity index (χ2n) is 5.41. The summed E-state index contributed by atoms with van der Waals surface area (Å²) in [7, 11) is 0. The van der Waals surface area contributed by atoms with Gasteiger partial charge >= 0.3 is 0 Å². The van der Waals surface area contributed by atoms with Crippen molar-refractivity contribution in [2.24, 2.45) is 11.3 Å². The van der Waals surface area contributed by atoms with Crippen LogP contribution in [0.15, 0.2) is 12.7 Å². The molecule has 0 aliphatic rings. The van der Waals surface area contributed by atoms with E-state index in [4.69, 9.17) is 4.18 Å². The van der Waals surface area contributed by atoms with Crippen LogP contribution in [0, 0.1) is 11.3 Å². The van der Waals surface area contributed by atoms with Gasteiger partial charge in [-0.25, -0.2) is 4.21 Å². The summed E-state index contributed by atoms with van der Waals surface area (Å²) in [5, 5.41) is -0.227. The average Bonchev–Trinajstić information content (AvgIpc) is 2.24. The van der Waals surface area contributed by atoms with Gasteiger partial charge in [-0.1, -0.05) is 33.8 Å². The number of rotatable bonds is 6. The Morgan fingerprint density at radius 3 is 2.12 bits per heavy atom. The van der Waals surface area contributed by atoms with Gasteiger partial charge in [0.15, 0.2) is 11.1 Å². The molecule has 4 atom stereocenters. The fourth-order valence-corrected chi connectivity index (χ4v) is 2.09. The van der Waals surface area contributed by atoms with Gasteiger partial charge in [0.25, 0.3) is 0 Å². The van der Waals surface area contributed by atoms with E-state index in [2.05, 4.69) is 6.58 Å². The third-order valence-corrected chi connectivity index (χ3v) is 4.03. The first-order chi connectivity index (χ1) is 7.61. The van der Waals surface area contributed by atoms with Gasteiger partial charge in [0.2, 0.25) is 0 Å². The maximum Gasteiger partial charge on any atom is 0.162 e. The van der Waals surface area contributed by atoms with Gasteiger partial charge in [-0.05, 0) is 13.8 Å². The van der Waals surface area contributed by atoms with E-state index in [1.807, 2.05) is 27.7 Å². The summed E-state index contributed by atoms with van der Waals surface area (Å²) < 4.78 is 17.0. The van der Waals surface area contributed by atoms with Crippen molar-refractivity contribution in [1.82, 2.24) is 0 Å². The van der Waals surface area contributed by atoms with Crippen LogP contribution < -0.4 is 0 Å². The van der Waals surface area contributed by atoms with E-state index in [9.17, 15) is 9.00 Å². The zero-order chi connectivity index (χ0) is 13.8. The molecule has 0 aliphatic carbocycles. The minimum atomic E-state index is -1.43. The SMILES string of the molecule is C=CC(C)S(=O)OC(C)C(C)C(=O)C(C)(C)C. The smallest absolute Gasteiger partial charge is 0.162 e. The van der Waals surface area contributed by atoms with Crippen LogP contribution in [0.2, 0.25) is 0 Å². The molecule has 0 radical (unpaired) electrons. The van der Waals surface area contributed by atoms with Crippen molar-refractivity contribution in [3.8, 4) is 0 Å². The van der Waals surface area contributed by atoms with Crippen molar-refractivity contribution < 1.29 is 13.2 Å². The van der Waals surface area contributed by atoms with E-state index in [-0.39, 0.29) is 23.1 Å². The normalized spacial score (nSPS) is 19.2. The molecule has 0 heterocycles. The Balaban J connectivity index is 4.52. The summed E-state index contributed by atoms with van der Waals surface area (Å²) in [6.45, 7) is 14.6. The Kier molecular flexibility index (Phi) is 6.27. The van der Waals surface area contributed by atoms with Crippen molar-refractivity contribution in [3.63, 3.8) is 0 Å². The highest BCUT2D eigenvalue weighted by Gasteiger charge is 2.31. The lowest BCUT2D eigenvalue weighted by molar-refractivity contribution is -0.132. The highest BCUT2D eigenvalue weighted by atomic mass is 32.2. The second kappa shape index (κ2) is 6.45. The quantitative estimate of drug-likeness (QED) is 0.690. The molecule has 4 heteroatoms. The summed E-state index contributed by atoms with van der Waals surface area (Å²) in [4.78, 5) is 12.0. The van der Waals surface area contributed by atoms with Crippen molar-refractivity contribution >= 4 is 16.9 Å². The number of carbonyl (C=O) groups is 1. The van der Waals surface area contributed by atoms with Crippen molar-refractivity contribution in [2.45, 2.75) is 52.9 Å². The van der Waals surface area contributed by atoms with E-state index in [1.54, 1.807) is 19.9 Å². The minimum Gasteiger partial charge on any atom is -0.299 e. The van der Waals surface area contributed by atoms with Crippen LogP contribution in [0.25, 0.3) is 0 Å². The second-order valence-corrected chi connectivity index (χ2v) is 6.86. The molecular formula is C13H24O3S. The predicted molar refractivity (Wildman–Crippen MR) is 72.0 cm³/mol. The summed E-state index contributed by atoms with van der Waals surface area (Å²) in [6.07, 6.45) is 1.23. The van der Waals surface area contributed by atoms with Gasteiger partial charge in [0.05, 0.1) is 11.4 Å². The summed E-state index contributed by atoms with van der Waals surface area (Å²) in [6, 6.07) is 0. The summed E-state index contributed by atoms with van der Waals surface area (Å²) in [5.41, 5.74) is -0.400. The molecule has 100 valence electrons. The molecule has 4 unspecified atom stereocenters. The van der Waals surface area contributed by atoms with Gasteiger partial charge in [0, 0.05) is 11.3 Å². The zero-order valence-corrected chi connectivity index (χ0v) is 12.5. The highest BCUT2D eigenvalue weighted by molar-refractivity contribution is 7.81. The molecule has 0 aromatic carbocycles. The molecule has 0 fully saturated rings. The third kappa shape index (κ3) is 5.13. The Hall–Kier alpha value is -0.480. The van der Waals surface area contributed by atoms with E-state index >= 15 is 0 Å².